The van der Waals surface area contributed by atoms with Gasteiger partial charge in [0.2, 0.25) is 0 Å². The summed E-state index contributed by atoms with van der Waals surface area (Å²) in [6.45, 7) is 7.52. The summed E-state index contributed by atoms with van der Waals surface area (Å²) in [7, 11) is 0. The van der Waals surface area contributed by atoms with Crippen LogP contribution in [0.2, 0.25) is 0 Å². The fourth-order valence-corrected chi connectivity index (χ4v) is 3.81. The molecule has 1 aliphatic heterocycles. The van der Waals surface area contributed by atoms with Gasteiger partial charge in [0.05, 0.1) is 6.54 Å². The Morgan fingerprint density at radius 3 is 2.86 bits per heavy atom. The Hall–Kier alpha value is -0.650. The molecule has 1 saturated heterocycles. The highest BCUT2D eigenvalue weighted by Crippen LogP contribution is 2.35. The monoisotopic (exact) mass is 313 g/mol. The maximum absolute atomic E-state index is 4.50. The fourth-order valence-electron chi connectivity index (χ4n) is 3.81. The maximum atomic E-state index is 4.50. The number of hydrogen-bond donors (Lipinski definition) is 1. The third-order valence-electron chi connectivity index (χ3n) is 4.93. The van der Waals surface area contributed by atoms with Gasteiger partial charge in [0.1, 0.15) is 12.2 Å². The summed E-state index contributed by atoms with van der Waals surface area (Å²) in [5.41, 5.74) is 0.374. The second-order valence-corrected chi connectivity index (χ2v) is 6.28. The predicted molar refractivity (Wildman–Crippen MR) is 86.7 cm³/mol. The topological polar surface area (TPSA) is 46.0 Å². The first-order chi connectivity index (χ1) is 9.84. The first-order valence-electron chi connectivity index (χ1n) is 8.16. The van der Waals surface area contributed by atoms with Crippen LogP contribution in [-0.4, -0.2) is 44.8 Å². The van der Waals surface area contributed by atoms with Crippen molar-refractivity contribution in [3.63, 3.8) is 0 Å². The molecule has 1 aliphatic carbocycles. The molecule has 0 radical (unpaired) electrons. The Morgan fingerprint density at radius 2 is 2.10 bits per heavy atom. The van der Waals surface area contributed by atoms with E-state index < -0.39 is 0 Å². The molecule has 0 atom stereocenters. The molecule has 5 nitrogen and oxygen atoms in total. The SMILES string of the molecule is CCCn1ncnc1CN1CCNCC12CCCCC2.Cl. The number of hydrogen-bond acceptors (Lipinski definition) is 4. The summed E-state index contributed by atoms with van der Waals surface area (Å²) in [6.07, 6.45) is 9.65. The molecule has 120 valence electrons. The van der Waals surface area contributed by atoms with Crippen LogP contribution in [0.15, 0.2) is 6.33 Å². The van der Waals surface area contributed by atoms with Crippen LogP contribution in [0.1, 0.15) is 51.3 Å². The second kappa shape index (κ2) is 7.56. The number of nitrogens with one attached hydrogen (secondary N) is 1. The van der Waals surface area contributed by atoms with Crippen molar-refractivity contribution in [2.75, 3.05) is 19.6 Å². The average Bonchev–Trinajstić information content (AvgIpc) is 2.90. The first kappa shape index (κ1) is 16.7. The van der Waals surface area contributed by atoms with Gasteiger partial charge in [-0.3, -0.25) is 4.90 Å². The van der Waals surface area contributed by atoms with E-state index >= 15 is 0 Å². The van der Waals surface area contributed by atoms with Crippen molar-refractivity contribution in [2.45, 2.75) is 64.1 Å². The zero-order valence-electron chi connectivity index (χ0n) is 13.1. The summed E-state index contributed by atoms with van der Waals surface area (Å²) >= 11 is 0. The van der Waals surface area contributed by atoms with E-state index in [1.807, 2.05) is 0 Å². The van der Waals surface area contributed by atoms with Gasteiger partial charge >= 0.3 is 0 Å². The molecular formula is C15H28ClN5. The first-order valence-corrected chi connectivity index (χ1v) is 8.16. The lowest BCUT2D eigenvalue weighted by Crippen LogP contribution is -2.61. The minimum absolute atomic E-state index is 0. The highest BCUT2D eigenvalue weighted by atomic mass is 35.5. The smallest absolute Gasteiger partial charge is 0.141 e. The largest absolute Gasteiger partial charge is 0.314 e. The molecule has 2 heterocycles. The minimum atomic E-state index is 0. The lowest BCUT2D eigenvalue weighted by Gasteiger charge is -2.49. The number of rotatable bonds is 4. The van der Waals surface area contributed by atoms with E-state index in [-0.39, 0.29) is 12.4 Å². The summed E-state index contributed by atoms with van der Waals surface area (Å²) in [5.74, 6) is 1.14. The van der Waals surface area contributed by atoms with E-state index in [1.54, 1.807) is 6.33 Å². The number of halogens is 1. The molecule has 0 unspecified atom stereocenters. The molecule has 1 spiro atoms. The maximum Gasteiger partial charge on any atom is 0.141 e. The molecule has 2 fully saturated rings. The van der Waals surface area contributed by atoms with Crippen LogP contribution in [-0.2, 0) is 13.1 Å². The zero-order valence-corrected chi connectivity index (χ0v) is 13.9. The van der Waals surface area contributed by atoms with Crippen LogP contribution in [0.5, 0.6) is 0 Å². The quantitative estimate of drug-likeness (QED) is 0.926. The Labute approximate surface area is 133 Å². The Bertz CT molecular complexity index is 419. The van der Waals surface area contributed by atoms with E-state index in [0.29, 0.717) is 5.54 Å². The van der Waals surface area contributed by atoms with Crippen LogP contribution >= 0.6 is 12.4 Å². The fraction of sp³-hybridized carbons (Fsp3) is 0.867. The molecule has 0 bridgehead atoms. The summed E-state index contributed by atoms with van der Waals surface area (Å²) in [6, 6.07) is 0. The Kier molecular flexibility index (Phi) is 6.02. The standard InChI is InChI=1S/C15H27N5.ClH/c1-2-9-20-14(17-13-18-20)11-19-10-8-16-12-15(19)6-4-3-5-7-15;/h13,16H,2-12H2,1H3;1H. The third-order valence-corrected chi connectivity index (χ3v) is 4.93. The lowest BCUT2D eigenvalue weighted by atomic mass is 9.79. The average molecular weight is 314 g/mol. The summed E-state index contributed by atoms with van der Waals surface area (Å²) in [4.78, 5) is 7.18. The number of nitrogens with zero attached hydrogens (tertiary/aromatic N) is 4. The molecule has 3 rings (SSSR count). The van der Waals surface area contributed by atoms with Gasteiger partial charge in [0.25, 0.3) is 0 Å². The van der Waals surface area contributed by atoms with Gasteiger partial charge in [-0.25, -0.2) is 9.67 Å². The normalized spacial score (nSPS) is 22.1. The highest BCUT2D eigenvalue weighted by Gasteiger charge is 2.39. The van der Waals surface area contributed by atoms with Gasteiger partial charge < -0.3 is 5.32 Å². The van der Waals surface area contributed by atoms with Gasteiger partial charge in [-0.05, 0) is 19.3 Å². The van der Waals surface area contributed by atoms with Crippen LogP contribution < -0.4 is 5.32 Å². The van der Waals surface area contributed by atoms with E-state index in [0.717, 1.165) is 45.0 Å². The van der Waals surface area contributed by atoms with Gasteiger partial charge in [0, 0.05) is 31.7 Å². The van der Waals surface area contributed by atoms with Gasteiger partial charge in [-0.15, -0.1) is 12.4 Å². The molecule has 6 heteroatoms. The lowest BCUT2D eigenvalue weighted by molar-refractivity contribution is 0.0179. The molecule has 0 aromatic carbocycles. The van der Waals surface area contributed by atoms with E-state index in [9.17, 15) is 0 Å². The highest BCUT2D eigenvalue weighted by molar-refractivity contribution is 5.85. The molecule has 21 heavy (non-hydrogen) atoms. The van der Waals surface area contributed by atoms with E-state index in [1.165, 1.54) is 32.1 Å². The Morgan fingerprint density at radius 1 is 1.29 bits per heavy atom. The molecular weight excluding hydrogens is 286 g/mol. The van der Waals surface area contributed by atoms with Crippen molar-refractivity contribution in [3.05, 3.63) is 12.2 Å². The van der Waals surface area contributed by atoms with Crippen molar-refractivity contribution in [1.82, 2.24) is 25.0 Å². The molecule has 1 aromatic rings. The molecule has 1 aromatic heterocycles. The third kappa shape index (κ3) is 3.58. The van der Waals surface area contributed by atoms with Gasteiger partial charge in [-0.1, -0.05) is 26.2 Å². The van der Waals surface area contributed by atoms with Gasteiger partial charge in [-0.2, -0.15) is 5.10 Å². The predicted octanol–water partition coefficient (Wildman–Crippen LogP) is 2.22. The van der Waals surface area contributed by atoms with Crippen LogP contribution in [0, 0.1) is 0 Å². The summed E-state index contributed by atoms with van der Waals surface area (Å²) < 4.78 is 2.08. The van der Waals surface area contributed by atoms with Crippen molar-refractivity contribution in [1.29, 1.82) is 0 Å². The molecule has 2 aliphatic rings. The van der Waals surface area contributed by atoms with Crippen LogP contribution in [0.25, 0.3) is 0 Å². The zero-order chi connectivity index (χ0) is 13.8. The molecule has 0 amide bonds. The van der Waals surface area contributed by atoms with Crippen LogP contribution in [0.4, 0.5) is 0 Å². The van der Waals surface area contributed by atoms with Gasteiger partial charge in [0.15, 0.2) is 0 Å². The minimum Gasteiger partial charge on any atom is -0.314 e. The Balaban J connectivity index is 0.00000161. The van der Waals surface area contributed by atoms with Crippen LogP contribution in [0.3, 0.4) is 0 Å². The summed E-state index contributed by atoms with van der Waals surface area (Å²) in [5, 5.41) is 7.98. The van der Waals surface area contributed by atoms with Crippen molar-refractivity contribution in [3.8, 4) is 0 Å². The van der Waals surface area contributed by atoms with E-state index in [4.69, 9.17) is 0 Å². The number of aromatic nitrogens is 3. The second-order valence-electron chi connectivity index (χ2n) is 6.28. The molecule has 1 N–H and O–H groups in total. The number of piperazine rings is 1. The van der Waals surface area contributed by atoms with Crippen molar-refractivity contribution in [2.24, 2.45) is 0 Å². The van der Waals surface area contributed by atoms with E-state index in [2.05, 4.69) is 31.9 Å². The van der Waals surface area contributed by atoms with Crippen molar-refractivity contribution < 1.29 is 0 Å². The number of aryl methyl sites for hydroxylation is 1. The van der Waals surface area contributed by atoms with Crippen molar-refractivity contribution >= 4 is 12.4 Å². The molecule has 1 saturated carbocycles.